The Morgan fingerprint density at radius 3 is 2.61 bits per heavy atom. The summed E-state index contributed by atoms with van der Waals surface area (Å²) in [6.07, 6.45) is 0. The number of rotatable bonds is 4. The van der Waals surface area contributed by atoms with Gasteiger partial charge in [0.15, 0.2) is 0 Å². The first-order valence-electron chi connectivity index (χ1n) is 8.67. The van der Waals surface area contributed by atoms with Gasteiger partial charge >= 0.3 is 0 Å². The van der Waals surface area contributed by atoms with Gasteiger partial charge in [-0.3, -0.25) is 13.9 Å². The Hall–Kier alpha value is -2.26. The Morgan fingerprint density at radius 2 is 1.89 bits per heavy atom. The van der Waals surface area contributed by atoms with Crippen LogP contribution in [0, 0.1) is 0 Å². The highest BCUT2D eigenvalue weighted by Crippen LogP contribution is 2.41. The molecule has 0 saturated carbocycles. The summed E-state index contributed by atoms with van der Waals surface area (Å²) < 4.78 is 19.5. The maximum absolute atomic E-state index is 12.5. The molecular formula is C19H22ClN3O4S. The van der Waals surface area contributed by atoms with E-state index < -0.39 is 10.6 Å². The van der Waals surface area contributed by atoms with E-state index in [4.69, 9.17) is 11.6 Å². The van der Waals surface area contributed by atoms with Gasteiger partial charge in [-0.15, -0.1) is 0 Å². The number of phenolic OH excluding ortho intramolecular Hbond substituents is 1. The first-order chi connectivity index (χ1) is 13.2. The molecule has 0 aliphatic carbocycles. The zero-order valence-corrected chi connectivity index (χ0v) is 16.9. The molecule has 2 aromatic carbocycles. The van der Waals surface area contributed by atoms with E-state index in [2.05, 4.69) is 10.5 Å². The van der Waals surface area contributed by atoms with Crippen molar-refractivity contribution < 1.29 is 19.0 Å². The first kappa shape index (κ1) is 20.5. The zero-order chi connectivity index (χ0) is 20.3. The Morgan fingerprint density at radius 1 is 1.18 bits per heavy atom. The second-order valence-electron chi connectivity index (χ2n) is 6.55. The van der Waals surface area contributed by atoms with E-state index in [1.54, 1.807) is 37.3 Å². The van der Waals surface area contributed by atoms with Crippen LogP contribution in [0.2, 0.25) is 5.02 Å². The first-order valence-corrected chi connectivity index (χ1v) is 10.9. The second kappa shape index (κ2) is 8.40. The zero-order valence-electron chi connectivity index (χ0n) is 15.3. The summed E-state index contributed by atoms with van der Waals surface area (Å²) in [4.78, 5) is 14.5. The van der Waals surface area contributed by atoms with Crippen LogP contribution in [0.1, 0.15) is 22.8 Å². The average Bonchev–Trinajstić information content (AvgIpc) is 2.67. The number of carbonyl (C=O) groups is 1. The predicted octanol–water partition coefficient (Wildman–Crippen LogP) is 3.77. The highest BCUT2D eigenvalue weighted by Gasteiger charge is 2.22. The van der Waals surface area contributed by atoms with Crippen LogP contribution < -0.4 is 10.3 Å². The Labute approximate surface area is 170 Å². The third-order valence-electron chi connectivity index (χ3n) is 4.52. The highest BCUT2D eigenvalue weighted by molar-refractivity contribution is 8.24. The van der Waals surface area contributed by atoms with Gasteiger partial charge in [0, 0.05) is 34.9 Å². The normalized spacial score (nSPS) is 17.9. The molecule has 1 aliphatic rings. The van der Waals surface area contributed by atoms with Gasteiger partial charge in [0.2, 0.25) is 0 Å². The predicted molar refractivity (Wildman–Crippen MR) is 114 cm³/mol. The molecule has 1 fully saturated rings. The highest BCUT2D eigenvalue weighted by atomic mass is 35.5. The van der Waals surface area contributed by atoms with Crippen molar-refractivity contribution in [3.05, 3.63) is 58.6 Å². The Kier molecular flexibility index (Phi) is 6.14. The number of amides is 1. The van der Waals surface area contributed by atoms with Crippen LogP contribution in [0.25, 0.3) is 0 Å². The monoisotopic (exact) mass is 423 g/mol. The van der Waals surface area contributed by atoms with Crippen LogP contribution in [0.3, 0.4) is 0 Å². The van der Waals surface area contributed by atoms with E-state index >= 15 is 0 Å². The summed E-state index contributed by atoms with van der Waals surface area (Å²) in [7, 11) is -2.47. The molecule has 9 heteroatoms. The molecule has 1 amide bonds. The van der Waals surface area contributed by atoms with E-state index in [9.17, 15) is 19.0 Å². The van der Waals surface area contributed by atoms with Crippen LogP contribution in [0.15, 0.2) is 47.6 Å². The fourth-order valence-electron chi connectivity index (χ4n) is 2.89. The van der Waals surface area contributed by atoms with Gasteiger partial charge in [-0.2, -0.15) is 15.7 Å². The molecule has 0 unspecified atom stereocenters. The van der Waals surface area contributed by atoms with E-state index in [0.29, 0.717) is 46.5 Å². The lowest BCUT2D eigenvalue weighted by Crippen LogP contribution is -2.38. The van der Waals surface area contributed by atoms with Crippen LogP contribution in [0.5, 0.6) is 5.75 Å². The third-order valence-corrected chi connectivity index (χ3v) is 6.43. The smallest absolute Gasteiger partial charge is 0.271 e. The third kappa shape index (κ3) is 4.96. The molecule has 2 aromatic rings. The van der Waals surface area contributed by atoms with Gasteiger partial charge in [-0.1, -0.05) is 17.7 Å². The van der Waals surface area contributed by atoms with Crippen LogP contribution >= 0.6 is 22.2 Å². The molecule has 1 saturated heterocycles. The summed E-state index contributed by atoms with van der Waals surface area (Å²) in [6, 6.07) is 11.7. The van der Waals surface area contributed by atoms with Gasteiger partial charge in [0.1, 0.15) is 5.75 Å². The molecule has 28 heavy (non-hydrogen) atoms. The van der Waals surface area contributed by atoms with Crippen molar-refractivity contribution in [2.24, 2.45) is 5.10 Å². The fourth-order valence-corrected chi connectivity index (χ4v) is 4.29. The van der Waals surface area contributed by atoms with E-state index in [1.807, 2.05) is 11.0 Å². The standard InChI is InChI=1S/C19H22ClN3O4S/c1-13(17-12-15(20)5-6-18(17)24)21-22-19(25)14-3-2-4-16(11-14)23-7-9-28(26,27)10-8-23/h2-6,11-12,24,26-27H,7-10H2,1H3,(H,22,25)/b21-13-. The number of hydrogen-bond acceptors (Lipinski definition) is 6. The molecule has 1 aliphatic heterocycles. The summed E-state index contributed by atoms with van der Waals surface area (Å²) in [5.41, 5.74) is 4.62. The molecular weight excluding hydrogens is 402 g/mol. The molecule has 7 nitrogen and oxygen atoms in total. The second-order valence-corrected chi connectivity index (χ2v) is 9.40. The van der Waals surface area contributed by atoms with Crippen molar-refractivity contribution >= 4 is 39.5 Å². The lowest BCUT2D eigenvalue weighted by molar-refractivity contribution is 0.0955. The number of hydrazone groups is 1. The number of nitrogens with zero attached hydrogens (tertiary/aromatic N) is 2. The molecule has 0 radical (unpaired) electrons. The number of aromatic hydroxyl groups is 1. The largest absolute Gasteiger partial charge is 0.507 e. The Balaban J connectivity index is 1.70. The van der Waals surface area contributed by atoms with Crippen LogP contribution in [-0.2, 0) is 0 Å². The molecule has 3 rings (SSSR count). The maximum atomic E-state index is 12.5. The molecule has 0 bridgehead atoms. The number of benzene rings is 2. The topological polar surface area (TPSA) is 105 Å². The molecule has 1 heterocycles. The van der Waals surface area contributed by atoms with Gasteiger partial charge in [0.05, 0.1) is 17.2 Å². The van der Waals surface area contributed by atoms with E-state index in [-0.39, 0.29) is 11.7 Å². The van der Waals surface area contributed by atoms with Gasteiger partial charge in [0.25, 0.3) is 5.91 Å². The fraction of sp³-hybridized carbons (Fsp3) is 0.263. The molecule has 0 spiro atoms. The van der Waals surface area contributed by atoms with Crippen molar-refractivity contribution in [1.82, 2.24) is 5.43 Å². The van der Waals surface area contributed by atoms with Gasteiger partial charge < -0.3 is 10.0 Å². The molecule has 4 N–H and O–H groups in total. The van der Waals surface area contributed by atoms with Gasteiger partial charge in [-0.05, 0) is 43.3 Å². The van der Waals surface area contributed by atoms with Crippen LogP contribution in [0.4, 0.5) is 5.69 Å². The minimum atomic E-state index is -2.47. The number of phenols is 1. The van der Waals surface area contributed by atoms with Crippen molar-refractivity contribution in [2.45, 2.75) is 6.92 Å². The Bertz CT molecular complexity index is 910. The van der Waals surface area contributed by atoms with Crippen molar-refractivity contribution in [3.8, 4) is 5.75 Å². The van der Waals surface area contributed by atoms with E-state index in [0.717, 1.165) is 5.69 Å². The van der Waals surface area contributed by atoms with Crippen molar-refractivity contribution in [3.63, 3.8) is 0 Å². The van der Waals surface area contributed by atoms with E-state index in [1.165, 1.54) is 6.07 Å². The number of halogens is 1. The number of anilines is 1. The average molecular weight is 424 g/mol. The lowest BCUT2D eigenvalue weighted by atomic mass is 10.1. The summed E-state index contributed by atoms with van der Waals surface area (Å²) >= 11 is 5.94. The van der Waals surface area contributed by atoms with Gasteiger partial charge in [-0.25, -0.2) is 5.43 Å². The summed E-state index contributed by atoms with van der Waals surface area (Å²) in [6.45, 7) is 2.71. The summed E-state index contributed by atoms with van der Waals surface area (Å²) in [5, 5.41) is 14.4. The lowest BCUT2D eigenvalue weighted by Gasteiger charge is -2.41. The number of hydrogen-bond donors (Lipinski definition) is 4. The number of carbonyl (C=O) groups excluding carboxylic acids is 1. The maximum Gasteiger partial charge on any atom is 0.271 e. The molecule has 150 valence electrons. The molecule has 0 aromatic heterocycles. The minimum Gasteiger partial charge on any atom is -0.507 e. The quantitative estimate of drug-likeness (QED) is 0.442. The summed E-state index contributed by atoms with van der Waals surface area (Å²) in [5.74, 6) is 0.300. The minimum absolute atomic E-state index is 0.0259. The molecule has 0 atom stereocenters. The SMILES string of the molecule is C/C(=N/NC(=O)c1cccc(N2CCS(O)(O)CC2)c1)c1cc(Cl)ccc1O. The van der Waals surface area contributed by atoms with Crippen LogP contribution in [-0.4, -0.2) is 50.4 Å². The van der Waals surface area contributed by atoms with Crippen molar-refractivity contribution in [2.75, 3.05) is 29.5 Å². The number of nitrogens with one attached hydrogen (secondary N) is 1. The van der Waals surface area contributed by atoms with Crippen molar-refractivity contribution in [1.29, 1.82) is 0 Å².